The summed E-state index contributed by atoms with van der Waals surface area (Å²) in [7, 11) is 0. The minimum Gasteiger partial charge on any atom is -0.481 e. The van der Waals surface area contributed by atoms with Crippen molar-refractivity contribution in [1.82, 2.24) is 10.2 Å². The van der Waals surface area contributed by atoms with E-state index in [1.165, 1.54) is 12.8 Å². The normalized spacial score (nSPS) is 28.1. The summed E-state index contributed by atoms with van der Waals surface area (Å²) in [6.07, 6.45) is 3.46. The van der Waals surface area contributed by atoms with Crippen LogP contribution in [-0.4, -0.2) is 47.7 Å². The molecule has 102 valence electrons. The maximum Gasteiger partial charge on any atom is 0.314 e. The molecule has 0 aromatic rings. The summed E-state index contributed by atoms with van der Waals surface area (Å²) in [5, 5.41) is 12.3. The number of piperidine rings is 1. The van der Waals surface area contributed by atoms with Crippen molar-refractivity contribution < 1.29 is 14.7 Å². The highest BCUT2D eigenvalue weighted by atomic mass is 16.4. The summed E-state index contributed by atoms with van der Waals surface area (Å²) in [4.78, 5) is 23.6. The van der Waals surface area contributed by atoms with Gasteiger partial charge < -0.3 is 21.1 Å². The van der Waals surface area contributed by atoms with Gasteiger partial charge in [-0.1, -0.05) is 0 Å². The zero-order chi connectivity index (χ0) is 13.1. The number of aliphatic carboxylic acids is 1. The first kappa shape index (κ1) is 13.1. The van der Waals surface area contributed by atoms with Crippen LogP contribution in [0.25, 0.3) is 0 Å². The van der Waals surface area contributed by atoms with Crippen LogP contribution in [0, 0.1) is 11.8 Å². The zero-order valence-corrected chi connectivity index (χ0v) is 10.5. The Kier molecular flexibility index (Phi) is 4.06. The average Bonchev–Trinajstić information content (AvgIpc) is 3.08. The van der Waals surface area contributed by atoms with Crippen LogP contribution < -0.4 is 11.1 Å². The molecule has 2 fully saturated rings. The first-order valence-electron chi connectivity index (χ1n) is 6.54. The minimum atomic E-state index is -0.813. The number of hydrogen-bond acceptors (Lipinski definition) is 3. The van der Waals surface area contributed by atoms with Crippen molar-refractivity contribution in [3.63, 3.8) is 0 Å². The largest absolute Gasteiger partial charge is 0.481 e. The second-order valence-electron chi connectivity index (χ2n) is 5.49. The van der Waals surface area contributed by atoms with Crippen molar-refractivity contribution in [2.45, 2.75) is 31.7 Å². The molecule has 0 spiro atoms. The molecule has 1 aliphatic heterocycles. The van der Waals surface area contributed by atoms with E-state index in [0.717, 1.165) is 18.9 Å². The van der Waals surface area contributed by atoms with Crippen molar-refractivity contribution in [2.24, 2.45) is 17.6 Å². The summed E-state index contributed by atoms with van der Waals surface area (Å²) < 4.78 is 0. The third-order valence-electron chi connectivity index (χ3n) is 3.70. The number of nitrogens with one attached hydrogen (secondary N) is 1. The Morgan fingerprint density at radius 2 is 2.00 bits per heavy atom. The van der Waals surface area contributed by atoms with E-state index in [0.29, 0.717) is 13.1 Å². The van der Waals surface area contributed by atoms with E-state index in [4.69, 9.17) is 10.8 Å². The van der Waals surface area contributed by atoms with Crippen LogP contribution in [-0.2, 0) is 4.79 Å². The van der Waals surface area contributed by atoms with Crippen LogP contribution in [0.3, 0.4) is 0 Å². The molecule has 1 saturated carbocycles. The van der Waals surface area contributed by atoms with Crippen LogP contribution in [0.15, 0.2) is 0 Å². The summed E-state index contributed by atoms with van der Waals surface area (Å²) in [5.41, 5.74) is 5.30. The van der Waals surface area contributed by atoms with Crippen molar-refractivity contribution in [3.05, 3.63) is 0 Å². The number of nitrogens with zero attached hydrogens (tertiary/aromatic N) is 1. The minimum absolute atomic E-state index is 0.000420. The number of likely N-dealkylation sites (tertiary alicyclic amines) is 1. The van der Waals surface area contributed by atoms with E-state index in [1.54, 1.807) is 4.90 Å². The molecule has 1 heterocycles. The third-order valence-corrected chi connectivity index (χ3v) is 3.70. The first-order valence-corrected chi connectivity index (χ1v) is 6.54. The Balaban J connectivity index is 1.87. The SMILES string of the molecule is NC(=O)N1CC(CC(=O)O)CC(NCC2CC2)C1. The molecule has 1 aliphatic carbocycles. The van der Waals surface area contributed by atoms with E-state index in [2.05, 4.69) is 5.32 Å². The lowest BCUT2D eigenvalue weighted by Crippen LogP contribution is -2.53. The van der Waals surface area contributed by atoms with Crippen molar-refractivity contribution in [3.8, 4) is 0 Å². The van der Waals surface area contributed by atoms with Gasteiger partial charge in [0.2, 0.25) is 0 Å². The van der Waals surface area contributed by atoms with E-state index in [9.17, 15) is 9.59 Å². The lowest BCUT2D eigenvalue weighted by atomic mass is 9.91. The van der Waals surface area contributed by atoms with E-state index >= 15 is 0 Å². The highest BCUT2D eigenvalue weighted by molar-refractivity contribution is 5.72. The Bertz CT molecular complexity index is 331. The molecule has 4 N–H and O–H groups in total. The van der Waals surface area contributed by atoms with Gasteiger partial charge in [-0.15, -0.1) is 0 Å². The molecule has 2 unspecified atom stereocenters. The molecular formula is C12H21N3O3. The van der Waals surface area contributed by atoms with Crippen LogP contribution in [0.5, 0.6) is 0 Å². The molecule has 2 aliphatic rings. The Labute approximate surface area is 107 Å². The van der Waals surface area contributed by atoms with Gasteiger partial charge in [0.1, 0.15) is 0 Å². The average molecular weight is 255 g/mol. The standard InChI is InChI=1S/C12H21N3O3/c13-12(18)15-6-9(4-11(16)17)3-10(7-15)14-5-8-1-2-8/h8-10,14H,1-7H2,(H2,13,18)(H,16,17). The molecule has 2 rings (SSSR count). The molecule has 6 nitrogen and oxygen atoms in total. The maximum atomic E-state index is 11.3. The molecule has 0 aromatic heterocycles. The van der Waals surface area contributed by atoms with Gasteiger partial charge in [0.15, 0.2) is 0 Å². The van der Waals surface area contributed by atoms with Gasteiger partial charge in [-0.2, -0.15) is 0 Å². The van der Waals surface area contributed by atoms with Gasteiger partial charge in [0, 0.05) is 25.6 Å². The van der Waals surface area contributed by atoms with Crippen LogP contribution in [0.1, 0.15) is 25.7 Å². The molecule has 1 saturated heterocycles. The van der Waals surface area contributed by atoms with Gasteiger partial charge in [-0.25, -0.2) is 4.79 Å². The van der Waals surface area contributed by atoms with Crippen molar-refractivity contribution in [2.75, 3.05) is 19.6 Å². The first-order chi connectivity index (χ1) is 8.54. The number of nitrogens with two attached hydrogens (primary N) is 1. The number of carbonyl (C=O) groups excluding carboxylic acids is 1. The van der Waals surface area contributed by atoms with Crippen molar-refractivity contribution >= 4 is 12.0 Å². The second-order valence-corrected chi connectivity index (χ2v) is 5.49. The number of primary amides is 1. The number of rotatable bonds is 5. The lowest BCUT2D eigenvalue weighted by Gasteiger charge is -2.37. The fraction of sp³-hybridized carbons (Fsp3) is 0.833. The predicted octanol–water partition coefficient (Wildman–Crippen LogP) is 0.230. The van der Waals surface area contributed by atoms with Crippen LogP contribution in [0.2, 0.25) is 0 Å². The van der Waals surface area contributed by atoms with Crippen LogP contribution in [0.4, 0.5) is 4.79 Å². The van der Waals surface area contributed by atoms with E-state index in [1.807, 2.05) is 0 Å². The smallest absolute Gasteiger partial charge is 0.314 e. The summed E-state index contributed by atoms with van der Waals surface area (Å²) in [6.45, 7) is 2.03. The number of carboxylic acid groups (broad SMARTS) is 1. The molecule has 18 heavy (non-hydrogen) atoms. The van der Waals surface area contributed by atoms with Gasteiger partial charge in [0.05, 0.1) is 0 Å². The van der Waals surface area contributed by atoms with Crippen LogP contribution >= 0.6 is 0 Å². The molecular weight excluding hydrogens is 234 g/mol. The van der Waals surface area contributed by atoms with Crippen molar-refractivity contribution in [1.29, 1.82) is 0 Å². The van der Waals surface area contributed by atoms with E-state index < -0.39 is 12.0 Å². The zero-order valence-electron chi connectivity index (χ0n) is 10.5. The second kappa shape index (κ2) is 5.56. The van der Waals surface area contributed by atoms with E-state index in [-0.39, 0.29) is 18.4 Å². The van der Waals surface area contributed by atoms with Gasteiger partial charge in [-0.3, -0.25) is 4.79 Å². The molecule has 0 bridgehead atoms. The Hall–Kier alpha value is -1.30. The quantitative estimate of drug-likeness (QED) is 0.655. The molecule has 0 radical (unpaired) electrons. The third kappa shape index (κ3) is 3.87. The fourth-order valence-corrected chi connectivity index (χ4v) is 2.58. The Morgan fingerprint density at radius 3 is 2.56 bits per heavy atom. The number of amides is 2. The van der Waals surface area contributed by atoms with Gasteiger partial charge in [-0.05, 0) is 37.6 Å². The summed E-state index contributed by atoms with van der Waals surface area (Å²) in [6, 6.07) is -0.278. The number of carboxylic acids is 1. The predicted molar refractivity (Wildman–Crippen MR) is 66.0 cm³/mol. The fourth-order valence-electron chi connectivity index (χ4n) is 2.58. The summed E-state index contributed by atoms with van der Waals surface area (Å²) in [5.74, 6) is -0.0420. The monoisotopic (exact) mass is 255 g/mol. The Morgan fingerprint density at radius 1 is 1.28 bits per heavy atom. The molecule has 2 amide bonds. The molecule has 6 heteroatoms. The lowest BCUT2D eigenvalue weighted by molar-refractivity contribution is -0.138. The maximum absolute atomic E-state index is 11.3. The topological polar surface area (TPSA) is 95.7 Å². The summed E-state index contributed by atoms with van der Waals surface area (Å²) >= 11 is 0. The highest BCUT2D eigenvalue weighted by Gasteiger charge is 2.31. The van der Waals surface area contributed by atoms with Gasteiger partial charge in [0.25, 0.3) is 0 Å². The number of hydrogen-bond donors (Lipinski definition) is 3. The number of urea groups is 1. The number of carbonyl (C=O) groups is 2. The molecule has 0 aromatic carbocycles. The molecule has 2 atom stereocenters. The highest BCUT2D eigenvalue weighted by Crippen LogP contribution is 2.28. The van der Waals surface area contributed by atoms with Gasteiger partial charge >= 0.3 is 12.0 Å².